The minimum Gasteiger partial charge on any atom is -0.504 e. The Morgan fingerprint density at radius 1 is 0.940 bits per heavy atom. The van der Waals surface area contributed by atoms with Crippen LogP contribution in [0.25, 0.3) is 0 Å². The number of ether oxygens (including phenoxy) is 1. The average molecular weight is 678 g/mol. The zero-order valence-corrected chi connectivity index (χ0v) is 27.9. The lowest BCUT2D eigenvalue weighted by atomic mass is 9.49. The number of phenols is 1. The number of allylic oxidation sites excluding steroid dienone is 2. The number of para-hydroxylation sites is 1. The number of anilines is 1. The molecule has 3 fully saturated rings. The molecule has 3 N–H and O–H groups in total. The fraction of sp³-hybridized carbons (Fsp3) is 0.359. The largest absolute Gasteiger partial charge is 0.504 e. The molecule has 6 atom stereocenters. The van der Waals surface area contributed by atoms with E-state index in [2.05, 4.69) is 5.43 Å². The molecule has 2 heterocycles. The van der Waals surface area contributed by atoms with Crippen LogP contribution < -0.4 is 10.2 Å². The number of rotatable bonds is 10. The molecule has 4 aliphatic rings. The van der Waals surface area contributed by atoms with Crippen molar-refractivity contribution in [3.63, 3.8) is 0 Å². The number of amides is 4. The van der Waals surface area contributed by atoms with Crippen LogP contribution in [0.5, 0.6) is 11.5 Å². The number of nitrogens with one attached hydrogen (secondary N) is 1. The summed E-state index contributed by atoms with van der Waals surface area (Å²) in [6.45, 7) is 4.01. The molecule has 11 heteroatoms. The summed E-state index contributed by atoms with van der Waals surface area (Å²) in [6, 6.07) is 21.5. The molecule has 0 radical (unpaired) electrons. The SMILES string of the molecule is CCOc1cccc(C2C3=CCC4C(=O)N(CCCC(=O)O)C(=O)C4C3CC3C(=O)N(Nc4ccc(C)cc4)C(=O)C32c2ccccc2)c1O. The van der Waals surface area contributed by atoms with Crippen molar-refractivity contribution in [2.75, 3.05) is 18.6 Å². The monoisotopic (exact) mass is 677 g/mol. The standard InChI is InChI=1S/C39H39N3O8/c1-3-50-30-12-7-11-27(34(30)45)33-25-18-19-26-32(37(48)41(35(26)46)20-8-13-31(43)44)28(25)21-29-36(47)42(40-24-16-14-22(2)15-17-24)38(49)39(29,33)23-9-5-4-6-10-23/h4-7,9-12,14-18,26,28-29,32-33,40,45H,3,8,13,19-21H2,1-2H3,(H,43,44). The maximum Gasteiger partial charge on any atom is 0.303 e. The summed E-state index contributed by atoms with van der Waals surface area (Å²) < 4.78 is 5.79. The van der Waals surface area contributed by atoms with Gasteiger partial charge < -0.3 is 14.9 Å². The van der Waals surface area contributed by atoms with E-state index in [4.69, 9.17) is 4.74 Å². The summed E-state index contributed by atoms with van der Waals surface area (Å²) in [7, 11) is 0. The fourth-order valence-electron chi connectivity index (χ4n) is 8.81. The van der Waals surface area contributed by atoms with Gasteiger partial charge in [-0.2, -0.15) is 5.01 Å². The van der Waals surface area contributed by atoms with Gasteiger partial charge in [-0.3, -0.25) is 34.3 Å². The van der Waals surface area contributed by atoms with Crippen LogP contribution in [-0.4, -0.2) is 62.9 Å². The highest BCUT2D eigenvalue weighted by Gasteiger charge is 2.70. The molecule has 50 heavy (non-hydrogen) atoms. The number of carbonyl (C=O) groups is 5. The fourth-order valence-corrected chi connectivity index (χ4v) is 8.81. The third-order valence-corrected chi connectivity index (χ3v) is 10.9. The first-order valence-corrected chi connectivity index (χ1v) is 17.1. The number of aromatic hydroxyl groups is 1. The highest BCUT2D eigenvalue weighted by molar-refractivity contribution is 6.13. The van der Waals surface area contributed by atoms with Gasteiger partial charge in [-0.15, -0.1) is 0 Å². The number of carboxylic acids is 1. The van der Waals surface area contributed by atoms with Gasteiger partial charge in [0, 0.05) is 24.4 Å². The molecule has 0 aromatic heterocycles. The van der Waals surface area contributed by atoms with Gasteiger partial charge in [0.25, 0.3) is 11.8 Å². The van der Waals surface area contributed by atoms with Crippen LogP contribution >= 0.6 is 0 Å². The molecule has 258 valence electrons. The van der Waals surface area contributed by atoms with E-state index in [1.807, 2.05) is 55.5 Å². The Hall–Kier alpha value is -5.45. The molecule has 3 aromatic rings. The first kappa shape index (κ1) is 33.1. The molecule has 0 bridgehead atoms. The van der Waals surface area contributed by atoms with E-state index in [1.54, 1.807) is 37.3 Å². The van der Waals surface area contributed by atoms with Gasteiger partial charge in [0.2, 0.25) is 11.8 Å². The van der Waals surface area contributed by atoms with Crippen LogP contribution in [0.15, 0.2) is 84.4 Å². The second-order valence-electron chi connectivity index (χ2n) is 13.5. The number of hydrogen-bond acceptors (Lipinski definition) is 8. The van der Waals surface area contributed by atoms with Crippen molar-refractivity contribution in [3.05, 3.63) is 101 Å². The zero-order chi connectivity index (χ0) is 35.3. The Balaban J connectivity index is 1.41. The molecule has 6 unspecified atom stereocenters. The predicted octanol–water partition coefficient (Wildman–Crippen LogP) is 4.95. The molecule has 7 rings (SSSR count). The highest BCUT2D eigenvalue weighted by Crippen LogP contribution is 2.65. The van der Waals surface area contributed by atoms with Gasteiger partial charge in [0.1, 0.15) is 0 Å². The number of fused-ring (bicyclic) bond motifs is 4. The van der Waals surface area contributed by atoms with E-state index in [9.17, 15) is 29.4 Å². The third kappa shape index (κ3) is 5.05. The number of imide groups is 2. The number of aliphatic carboxylic acids is 1. The second-order valence-corrected chi connectivity index (χ2v) is 13.5. The first-order chi connectivity index (χ1) is 24.1. The van der Waals surface area contributed by atoms with Crippen LogP contribution in [0.4, 0.5) is 5.69 Å². The Morgan fingerprint density at radius 2 is 1.68 bits per heavy atom. The van der Waals surface area contributed by atoms with Gasteiger partial charge in [-0.05, 0) is 62.8 Å². The van der Waals surface area contributed by atoms with Crippen LogP contribution in [0, 0.1) is 30.6 Å². The van der Waals surface area contributed by atoms with E-state index >= 15 is 4.79 Å². The van der Waals surface area contributed by atoms with Crippen LogP contribution in [-0.2, 0) is 29.4 Å². The number of benzene rings is 3. The minimum absolute atomic E-state index is 0.0112. The van der Waals surface area contributed by atoms with E-state index in [0.29, 0.717) is 22.4 Å². The van der Waals surface area contributed by atoms with E-state index in [0.717, 1.165) is 10.6 Å². The van der Waals surface area contributed by atoms with Gasteiger partial charge in [-0.25, -0.2) is 0 Å². The van der Waals surface area contributed by atoms with Crippen molar-refractivity contribution in [1.29, 1.82) is 0 Å². The smallest absolute Gasteiger partial charge is 0.303 e. The molecular formula is C39H39N3O8. The number of phenolic OH excluding ortho intramolecular Hbond substituents is 1. The molecular weight excluding hydrogens is 638 g/mol. The molecule has 2 aliphatic heterocycles. The minimum atomic E-state index is -1.53. The average Bonchev–Trinajstić information content (AvgIpc) is 3.48. The van der Waals surface area contributed by atoms with Gasteiger partial charge in [-0.1, -0.05) is 71.8 Å². The summed E-state index contributed by atoms with van der Waals surface area (Å²) in [6.07, 6.45) is 2.21. The number of carbonyl (C=O) groups excluding carboxylic acids is 4. The van der Waals surface area contributed by atoms with Crippen molar-refractivity contribution < 1.29 is 38.9 Å². The summed E-state index contributed by atoms with van der Waals surface area (Å²) in [5.41, 5.74) is 4.78. The molecule has 4 amide bonds. The lowest BCUT2D eigenvalue weighted by molar-refractivity contribution is -0.142. The lowest BCUT2D eigenvalue weighted by Crippen LogP contribution is -2.53. The van der Waals surface area contributed by atoms with Crippen LogP contribution in [0.3, 0.4) is 0 Å². The van der Waals surface area contributed by atoms with Crippen LogP contribution in [0.1, 0.15) is 55.2 Å². The maximum absolute atomic E-state index is 15.2. The first-order valence-electron chi connectivity index (χ1n) is 17.1. The molecule has 11 nitrogen and oxygen atoms in total. The number of likely N-dealkylation sites (tertiary alicyclic amines) is 1. The molecule has 0 spiro atoms. The number of aryl methyl sites for hydroxylation is 1. The Labute approximate surface area is 289 Å². The van der Waals surface area contributed by atoms with Gasteiger partial charge in [0.15, 0.2) is 11.5 Å². The topological polar surface area (TPSA) is 154 Å². The van der Waals surface area contributed by atoms with E-state index in [1.165, 1.54) is 4.90 Å². The summed E-state index contributed by atoms with van der Waals surface area (Å²) in [5.74, 6) is -6.62. The quantitative estimate of drug-likeness (QED) is 0.200. The van der Waals surface area contributed by atoms with Gasteiger partial charge >= 0.3 is 5.97 Å². The Bertz CT molecular complexity index is 1910. The van der Waals surface area contributed by atoms with Crippen LogP contribution in [0.2, 0.25) is 0 Å². The van der Waals surface area contributed by atoms with Crippen molar-refractivity contribution >= 4 is 35.3 Å². The second kappa shape index (κ2) is 12.8. The lowest BCUT2D eigenvalue weighted by Gasteiger charge is -2.50. The number of hydrazine groups is 1. The summed E-state index contributed by atoms with van der Waals surface area (Å²) in [5, 5.41) is 22.1. The molecule has 2 saturated heterocycles. The predicted molar refractivity (Wildman–Crippen MR) is 182 cm³/mol. The number of nitrogens with zero attached hydrogens (tertiary/aromatic N) is 2. The third-order valence-electron chi connectivity index (χ3n) is 10.9. The van der Waals surface area contributed by atoms with Crippen molar-refractivity contribution in [2.45, 2.75) is 50.9 Å². The van der Waals surface area contributed by atoms with E-state index < -0.39 is 58.7 Å². The maximum atomic E-state index is 15.2. The van der Waals surface area contributed by atoms with Crippen molar-refractivity contribution in [1.82, 2.24) is 9.91 Å². The van der Waals surface area contributed by atoms with E-state index in [-0.39, 0.29) is 56.2 Å². The zero-order valence-electron chi connectivity index (χ0n) is 27.9. The van der Waals surface area contributed by atoms with Crippen molar-refractivity contribution in [3.8, 4) is 11.5 Å². The number of carboxylic acid groups (broad SMARTS) is 1. The number of hydrogen-bond donors (Lipinski definition) is 3. The Kier molecular flexibility index (Phi) is 8.45. The van der Waals surface area contributed by atoms with Gasteiger partial charge in [0.05, 0.1) is 35.5 Å². The molecule has 3 aromatic carbocycles. The molecule has 1 saturated carbocycles. The highest BCUT2D eigenvalue weighted by atomic mass is 16.5. The van der Waals surface area contributed by atoms with Crippen molar-refractivity contribution in [2.24, 2.45) is 23.7 Å². The normalized spacial score (nSPS) is 27.1. The molecule has 2 aliphatic carbocycles. The summed E-state index contributed by atoms with van der Waals surface area (Å²) in [4.78, 5) is 70.1. The summed E-state index contributed by atoms with van der Waals surface area (Å²) >= 11 is 0. The Morgan fingerprint density at radius 3 is 2.38 bits per heavy atom.